The van der Waals surface area contributed by atoms with E-state index in [1.54, 1.807) is 0 Å². The van der Waals surface area contributed by atoms with Crippen molar-refractivity contribution in [3.05, 3.63) is 12.2 Å². The highest BCUT2D eigenvalue weighted by molar-refractivity contribution is 6.73. The van der Waals surface area contributed by atoms with Crippen LogP contribution in [0.1, 0.15) is 46.5 Å². The highest BCUT2D eigenvalue weighted by atomic mass is 28.4. The highest BCUT2D eigenvalue weighted by Gasteiger charge is 2.41. The van der Waals surface area contributed by atoms with E-state index >= 15 is 0 Å². The first-order chi connectivity index (χ1) is 8.24. The Bertz CT molecular complexity index is 262. The molecule has 1 fully saturated rings. The molecule has 2 rings (SSSR count). The molecule has 0 unspecified atom stereocenters. The predicted molar refractivity (Wildman–Crippen MR) is 76.7 cm³/mol. The van der Waals surface area contributed by atoms with Crippen LogP contribution in [0.15, 0.2) is 12.2 Å². The minimum absolute atomic E-state index is 0.594. The molecule has 17 heavy (non-hydrogen) atoms. The van der Waals surface area contributed by atoms with E-state index in [-0.39, 0.29) is 0 Å². The lowest BCUT2D eigenvalue weighted by Crippen LogP contribution is -2.41. The van der Waals surface area contributed by atoms with E-state index in [0.29, 0.717) is 6.10 Å². The molecule has 0 heterocycles. The maximum atomic E-state index is 6.72. The number of hydrogen-bond donors (Lipinski definition) is 0. The Morgan fingerprint density at radius 1 is 1.00 bits per heavy atom. The Morgan fingerprint density at radius 2 is 1.65 bits per heavy atom. The molecule has 2 heteroatoms. The van der Waals surface area contributed by atoms with E-state index in [1.807, 2.05) is 0 Å². The molecule has 98 valence electrons. The summed E-state index contributed by atoms with van der Waals surface area (Å²) in [4.78, 5) is 0. The van der Waals surface area contributed by atoms with Crippen molar-refractivity contribution in [2.45, 2.75) is 70.7 Å². The van der Waals surface area contributed by atoms with Crippen LogP contribution >= 0.6 is 0 Å². The van der Waals surface area contributed by atoms with Gasteiger partial charge in [-0.1, -0.05) is 32.9 Å². The van der Waals surface area contributed by atoms with Gasteiger partial charge in [0.2, 0.25) is 0 Å². The Labute approximate surface area is 108 Å². The lowest BCUT2D eigenvalue weighted by molar-refractivity contribution is 0.128. The molecule has 1 saturated carbocycles. The van der Waals surface area contributed by atoms with Crippen LogP contribution in [0.5, 0.6) is 0 Å². The highest BCUT2D eigenvalue weighted by Crippen LogP contribution is 2.43. The van der Waals surface area contributed by atoms with E-state index in [9.17, 15) is 0 Å². The summed E-state index contributed by atoms with van der Waals surface area (Å²) >= 11 is 0. The molecule has 0 aromatic rings. The molecule has 0 aromatic heterocycles. The van der Waals surface area contributed by atoms with E-state index < -0.39 is 8.32 Å². The normalized spacial score (nSPS) is 32.8. The van der Waals surface area contributed by atoms with Gasteiger partial charge in [-0.2, -0.15) is 0 Å². The van der Waals surface area contributed by atoms with Crippen molar-refractivity contribution in [2.75, 3.05) is 0 Å². The molecule has 0 spiro atoms. The molecule has 2 aliphatic rings. The van der Waals surface area contributed by atoms with Gasteiger partial charge in [-0.15, -0.1) is 0 Å². The fourth-order valence-corrected chi connectivity index (χ4v) is 6.67. The summed E-state index contributed by atoms with van der Waals surface area (Å²) in [5.74, 6) is 1.78. The quantitative estimate of drug-likeness (QED) is 0.506. The number of hydrogen-bond acceptors (Lipinski definition) is 1. The van der Waals surface area contributed by atoms with E-state index in [1.165, 1.54) is 43.8 Å². The minimum atomic E-state index is -1.38. The van der Waals surface area contributed by atoms with Crippen LogP contribution in [-0.2, 0) is 4.43 Å². The molecule has 0 bridgehead atoms. The fraction of sp³-hybridized carbons (Fsp3) is 0.867. The van der Waals surface area contributed by atoms with Crippen molar-refractivity contribution in [1.29, 1.82) is 0 Å². The molecule has 0 amide bonds. The van der Waals surface area contributed by atoms with Crippen molar-refractivity contribution in [1.82, 2.24) is 0 Å². The van der Waals surface area contributed by atoms with Gasteiger partial charge in [0.1, 0.15) is 0 Å². The molecule has 0 N–H and O–H groups in total. The van der Waals surface area contributed by atoms with Crippen molar-refractivity contribution in [3.8, 4) is 0 Å². The van der Waals surface area contributed by atoms with Crippen molar-refractivity contribution >= 4 is 8.32 Å². The lowest BCUT2D eigenvalue weighted by Gasteiger charge is -2.35. The standard InChI is InChI=1S/C15H28OSi/c1-4-17(5-2,6-3)16-15-12-11-13-9-7-8-10-14(13)15/h7-8,13-15H,4-6,9-12H2,1-3H3/t13-,14-,15+/m1/s1. The molecule has 0 aromatic carbocycles. The van der Waals surface area contributed by atoms with Gasteiger partial charge in [-0.25, -0.2) is 0 Å². The summed E-state index contributed by atoms with van der Waals surface area (Å²) < 4.78 is 6.72. The summed E-state index contributed by atoms with van der Waals surface area (Å²) in [6.45, 7) is 7.02. The summed E-state index contributed by atoms with van der Waals surface area (Å²) in [5.41, 5.74) is 0. The average Bonchev–Trinajstić information content (AvgIpc) is 2.79. The number of allylic oxidation sites excluding steroid dienone is 2. The minimum Gasteiger partial charge on any atom is -0.414 e. The monoisotopic (exact) mass is 252 g/mol. The van der Waals surface area contributed by atoms with Crippen LogP contribution in [0, 0.1) is 11.8 Å². The molecular formula is C15H28OSi. The van der Waals surface area contributed by atoms with Crippen LogP contribution in [0.4, 0.5) is 0 Å². The largest absolute Gasteiger partial charge is 0.414 e. The third-order valence-corrected chi connectivity index (χ3v) is 9.92. The molecule has 0 aliphatic heterocycles. The lowest BCUT2D eigenvalue weighted by atomic mass is 9.85. The molecule has 1 nitrogen and oxygen atoms in total. The molecule has 0 saturated heterocycles. The van der Waals surface area contributed by atoms with Gasteiger partial charge < -0.3 is 4.43 Å². The molecule has 2 aliphatic carbocycles. The summed E-state index contributed by atoms with van der Waals surface area (Å²) in [7, 11) is -1.38. The zero-order chi connectivity index (χ0) is 12.3. The van der Waals surface area contributed by atoms with E-state index in [0.717, 1.165) is 11.8 Å². The third kappa shape index (κ3) is 2.68. The third-order valence-electron chi connectivity index (χ3n) is 5.25. The van der Waals surface area contributed by atoms with Crippen LogP contribution in [0.25, 0.3) is 0 Å². The van der Waals surface area contributed by atoms with Gasteiger partial charge in [0.25, 0.3) is 0 Å². The smallest absolute Gasteiger partial charge is 0.192 e. The van der Waals surface area contributed by atoms with Crippen LogP contribution in [0.2, 0.25) is 18.1 Å². The number of rotatable bonds is 5. The molecular weight excluding hydrogens is 224 g/mol. The second kappa shape index (κ2) is 5.70. The second-order valence-corrected chi connectivity index (χ2v) is 10.6. The van der Waals surface area contributed by atoms with Gasteiger partial charge in [-0.3, -0.25) is 0 Å². The van der Waals surface area contributed by atoms with Gasteiger partial charge in [-0.05, 0) is 55.7 Å². The van der Waals surface area contributed by atoms with E-state index in [2.05, 4.69) is 32.9 Å². The first-order valence-electron chi connectivity index (χ1n) is 7.57. The number of fused-ring (bicyclic) bond motifs is 1. The summed E-state index contributed by atoms with van der Waals surface area (Å²) in [6.07, 6.45) is 10.7. The molecule has 3 atom stereocenters. The first kappa shape index (κ1) is 13.4. The predicted octanol–water partition coefficient (Wildman–Crippen LogP) is 4.75. The van der Waals surface area contributed by atoms with Gasteiger partial charge in [0.05, 0.1) is 0 Å². The van der Waals surface area contributed by atoms with Gasteiger partial charge in [0, 0.05) is 6.10 Å². The summed E-state index contributed by atoms with van der Waals surface area (Å²) in [5, 5.41) is 0. The van der Waals surface area contributed by atoms with Crippen LogP contribution in [0.3, 0.4) is 0 Å². The van der Waals surface area contributed by atoms with Crippen LogP contribution < -0.4 is 0 Å². The van der Waals surface area contributed by atoms with Crippen molar-refractivity contribution < 1.29 is 4.43 Å². The molecule has 0 radical (unpaired) electrons. The SMILES string of the molecule is CC[Si](CC)(CC)O[C@H]1CC[C@H]2CC=CC[C@H]21. The fourth-order valence-electron chi connectivity index (χ4n) is 3.74. The first-order valence-corrected chi connectivity index (χ1v) is 10.1. The maximum absolute atomic E-state index is 6.72. The Kier molecular flexibility index (Phi) is 4.48. The zero-order valence-electron chi connectivity index (χ0n) is 11.7. The zero-order valence-corrected chi connectivity index (χ0v) is 12.7. The van der Waals surface area contributed by atoms with Gasteiger partial charge >= 0.3 is 0 Å². The Balaban J connectivity index is 2.01. The topological polar surface area (TPSA) is 9.23 Å². The van der Waals surface area contributed by atoms with Crippen LogP contribution in [-0.4, -0.2) is 14.4 Å². The van der Waals surface area contributed by atoms with Crippen molar-refractivity contribution in [3.63, 3.8) is 0 Å². The summed E-state index contributed by atoms with van der Waals surface area (Å²) in [6, 6.07) is 3.89. The van der Waals surface area contributed by atoms with E-state index in [4.69, 9.17) is 4.43 Å². The Morgan fingerprint density at radius 3 is 2.29 bits per heavy atom. The van der Waals surface area contributed by atoms with Crippen molar-refractivity contribution in [2.24, 2.45) is 11.8 Å². The maximum Gasteiger partial charge on any atom is 0.192 e. The average molecular weight is 252 g/mol. The van der Waals surface area contributed by atoms with Gasteiger partial charge in [0.15, 0.2) is 8.32 Å². The second-order valence-electron chi connectivity index (χ2n) is 5.84. The Hall–Kier alpha value is -0.0831.